The summed E-state index contributed by atoms with van der Waals surface area (Å²) in [5.41, 5.74) is 6.29. The quantitative estimate of drug-likeness (QED) is 0.321. The molecular weight excluding hydrogens is 479 g/mol. The summed E-state index contributed by atoms with van der Waals surface area (Å²) in [5, 5.41) is 6.19. The smallest absolute Gasteiger partial charge is 0.298 e. The number of carbonyl (C=O) groups is 1. The molecule has 0 aliphatic heterocycles. The Labute approximate surface area is 198 Å². The molecule has 12 heteroatoms. The number of thiophene rings is 1. The molecule has 4 aromatic rings. The number of nitrogens with one attached hydrogen (secondary N) is 3. The zero-order valence-electron chi connectivity index (χ0n) is 17.6. The lowest BCUT2D eigenvalue weighted by Crippen LogP contribution is -2.30. The number of benzene rings is 2. The van der Waals surface area contributed by atoms with Gasteiger partial charge in [-0.05, 0) is 72.8 Å². The molecule has 2 aromatic heterocycles. The molecule has 1 amide bonds. The van der Waals surface area contributed by atoms with Gasteiger partial charge in [-0.3, -0.25) is 15.6 Å². The van der Waals surface area contributed by atoms with Crippen LogP contribution < -0.4 is 15.6 Å². The molecule has 5 rings (SSSR count). The highest BCUT2D eigenvalue weighted by Crippen LogP contribution is 2.26. The Morgan fingerprint density at radius 1 is 1.06 bits per heavy atom. The number of carbonyl (C=O) groups excluding carboxylic acids is 1. The number of amides is 1. The predicted molar refractivity (Wildman–Crippen MR) is 126 cm³/mol. The van der Waals surface area contributed by atoms with Gasteiger partial charge in [-0.2, -0.15) is 0 Å². The van der Waals surface area contributed by atoms with Crippen molar-refractivity contribution in [3.8, 4) is 16.4 Å². The number of anilines is 1. The minimum absolute atomic E-state index is 0.0170. The van der Waals surface area contributed by atoms with Gasteiger partial charge in [0.1, 0.15) is 5.82 Å². The Balaban J connectivity index is 1.32. The van der Waals surface area contributed by atoms with Crippen LogP contribution in [0.3, 0.4) is 0 Å². The van der Waals surface area contributed by atoms with Gasteiger partial charge in [0.25, 0.3) is 0 Å². The van der Waals surface area contributed by atoms with Crippen LogP contribution in [0.2, 0.25) is 0 Å². The molecule has 2 heterocycles. The molecule has 1 fully saturated rings. The van der Waals surface area contributed by atoms with Gasteiger partial charge in [-0.1, -0.05) is 6.07 Å². The van der Waals surface area contributed by atoms with Gasteiger partial charge in [0.2, 0.25) is 15.8 Å². The molecule has 0 atom stereocenters. The molecule has 1 aliphatic rings. The van der Waals surface area contributed by atoms with E-state index in [2.05, 4.69) is 25.7 Å². The number of hydrogen-bond donors (Lipinski definition) is 3. The van der Waals surface area contributed by atoms with Gasteiger partial charge >= 0.3 is 5.91 Å². The summed E-state index contributed by atoms with van der Waals surface area (Å²) < 4.78 is 42.0. The van der Waals surface area contributed by atoms with Crippen LogP contribution in [-0.4, -0.2) is 35.1 Å². The fraction of sp³-hybridized carbons (Fsp3) is 0.136. The van der Waals surface area contributed by atoms with Crippen LogP contribution >= 0.6 is 11.3 Å². The summed E-state index contributed by atoms with van der Waals surface area (Å²) in [6, 6.07) is 15.4. The number of sulfonamides is 1. The molecule has 9 nitrogen and oxygen atoms in total. The number of hydrogen-bond acceptors (Lipinski definition) is 7. The SMILES string of the molecule is O=C(NNc1ccc(S(=O)(=O)NC2CC2)cc1)c1nc(-c2cccs2)n(-c2ccc(F)cc2)n1. The summed E-state index contributed by atoms with van der Waals surface area (Å²) in [5.74, 6) is -0.617. The second-order valence-corrected chi connectivity index (χ2v) is 10.3. The second kappa shape index (κ2) is 8.97. The molecule has 0 unspecified atom stereocenters. The van der Waals surface area contributed by atoms with Crippen molar-refractivity contribution in [3.63, 3.8) is 0 Å². The largest absolute Gasteiger partial charge is 0.309 e. The molecule has 2 aromatic carbocycles. The van der Waals surface area contributed by atoms with Crippen molar-refractivity contribution in [1.29, 1.82) is 0 Å². The highest BCUT2D eigenvalue weighted by Gasteiger charge is 2.28. The summed E-state index contributed by atoms with van der Waals surface area (Å²) in [4.78, 5) is 18.0. The third kappa shape index (κ3) is 4.83. The zero-order valence-corrected chi connectivity index (χ0v) is 19.2. The highest BCUT2D eigenvalue weighted by molar-refractivity contribution is 7.89. The molecular formula is C22H19FN6O3S2. The van der Waals surface area contributed by atoms with Crippen molar-refractivity contribution >= 4 is 33.0 Å². The van der Waals surface area contributed by atoms with E-state index in [4.69, 9.17) is 0 Å². The van der Waals surface area contributed by atoms with Crippen LogP contribution in [0.4, 0.5) is 10.1 Å². The van der Waals surface area contributed by atoms with Crippen molar-refractivity contribution in [2.75, 3.05) is 5.43 Å². The second-order valence-electron chi connectivity index (χ2n) is 7.62. The molecule has 0 bridgehead atoms. The van der Waals surface area contributed by atoms with Crippen LogP contribution in [0.25, 0.3) is 16.4 Å². The van der Waals surface area contributed by atoms with Crippen LogP contribution in [0, 0.1) is 5.82 Å². The summed E-state index contributed by atoms with van der Waals surface area (Å²) in [6.45, 7) is 0. The van der Waals surface area contributed by atoms with Crippen molar-refractivity contribution < 1.29 is 17.6 Å². The van der Waals surface area contributed by atoms with Crippen molar-refractivity contribution in [1.82, 2.24) is 24.9 Å². The van der Waals surface area contributed by atoms with E-state index >= 15 is 0 Å². The van der Waals surface area contributed by atoms with E-state index in [0.29, 0.717) is 17.2 Å². The molecule has 0 radical (unpaired) electrons. The number of halogens is 1. The van der Waals surface area contributed by atoms with Crippen LogP contribution in [-0.2, 0) is 10.0 Å². The molecule has 0 saturated heterocycles. The number of rotatable bonds is 8. The maximum absolute atomic E-state index is 13.4. The molecule has 174 valence electrons. The van der Waals surface area contributed by atoms with Gasteiger partial charge in [-0.25, -0.2) is 27.2 Å². The van der Waals surface area contributed by atoms with Crippen LogP contribution in [0.5, 0.6) is 0 Å². The Bertz CT molecular complexity index is 1410. The first kappa shape index (κ1) is 22.2. The van der Waals surface area contributed by atoms with Crippen LogP contribution in [0.1, 0.15) is 23.5 Å². The Kier molecular flexibility index (Phi) is 5.86. The summed E-state index contributed by atoms with van der Waals surface area (Å²) >= 11 is 1.43. The highest BCUT2D eigenvalue weighted by atomic mass is 32.2. The average Bonchev–Trinajstić information content (AvgIpc) is 3.28. The lowest BCUT2D eigenvalue weighted by Gasteiger charge is -2.09. The van der Waals surface area contributed by atoms with E-state index < -0.39 is 15.9 Å². The maximum atomic E-state index is 13.4. The Hall–Kier alpha value is -3.61. The third-order valence-corrected chi connectivity index (χ3v) is 7.41. The van der Waals surface area contributed by atoms with E-state index in [0.717, 1.165) is 17.7 Å². The van der Waals surface area contributed by atoms with Crippen molar-refractivity contribution in [3.05, 3.63) is 77.7 Å². The standard InChI is InChI=1S/C22H19FN6O3S2/c23-14-3-9-17(10-4-14)29-21(19-2-1-13-33-19)24-20(27-29)22(30)26-25-15-7-11-18(12-8-15)34(31,32)28-16-5-6-16/h1-4,7-13,16,25,28H,5-6H2,(H,26,30). The van der Waals surface area contributed by atoms with Gasteiger partial charge in [-0.15, -0.1) is 16.4 Å². The van der Waals surface area contributed by atoms with Gasteiger partial charge in [0.15, 0.2) is 5.82 Å². The van der Waals surface area contributed by atoms with E-state index in [1.54, 1.807) is 24.3 Å². The first-order valence-corrected chi connectivity index (χ1v) is 12.7. The molecule has 34 heavy (non-hydrogen) atoms. The van der Waals surface area contributed by atoms with E-state index in [1.807, 2.05) is 17.5 Å². The lowest BCUT2D eigenvalue weighted by atomic mass is 10.3. The molecule has 1 aliphatic carbocycles. The Morgan fingerprint density at radius 2 is 1.79 bits per heavy atom. The number of aromatic nitrogens is 3. The van der Waals surface area contributed by atoms with Crippen molar-refractivity contribution in [2.24, 2.45) is 0 Å². The van der Waals surface area contributed by atoms with Gasteiger partial charge in [0.05, 0.1) is 21.1 Å². The lowest BCUT2D eigenvalue weighted by molar-refractivity contribution is 0.0952. The minimum Gasteiger partial charge on any atom is -0.298 e. The normalized spacial score (nSPS) is 13.6. The first-order chi connectivity index (χ1) is 16.4. The number of hydrazine groups is 1. The van der Waals surface area contributed by atoms with E-state index in [9.17, 15) is 17.6 Å². The topological polar surface area (TPSA) is 118 Å². The fourth-order valence-corrected chi connectivity index (χ4v) is 5.13. The fourth-order valence-electron chi connectivity index (χ4n) is 3.13. The summed E-state index contributed by atoms with van der Waals surface area (Å²) in [7, 11) is -3.55. The molecule has 0 spiro atoms. The first-order valence-electron chi connectivity index (χ1n) is 10.3. The average molecular weight is 499 g/mol. The Morgan fingerprint density at radius 3 is 2.44 bits per heavy atom. The van der Waals surface area contributed by atoms with Gasteiger partial charge < -0.3 is 0 Å². The minimum atomic E-state index is -3.55. The maximum Gasteiger partial charge on any atom is 0.309 e. The van der Waals surface area contributed by atoms with Crippen LogP contribution in [0.15, 0.2) is 70.9 Å². The monoisotopic (exact) mass is 498 g/mol. The molecule has 1 saturated carbocycles. The van der Waals surface area contributed by atoms with E-state index in [1.165, 1.54) is 40.3 Å². The third-order valence-electron chi connectivity index (χ3n) is 5.01. The van der Waals surface area contributed by atoms with Crippen molar-refractivity contribution in [2.45, 2.75) is 23.8 Å². The zero-order chi connectivity index (χ0) is 23.7. The number of nitrogens with zero attached hydrogens (tertiary/aromatic N) is 3. The predicted octanol–water partition coefficient (Wildman–Crippen LogP) is 3.33. The molecule has 3 N–H and O–H groups in total. The van der Waals surface area contributed by atoms with Gasteiger partial charge in [0, 0.05) is 6.04 Å². The van der Waals surface area contributed by atoms with E-state index in [-0.39, 0.29) is 22.6 Å². The summed E-state index contributed by atoms with van der Waals surface area (Å²) in [6.07, 6.45) is 1.70.